The lowest BCUT2D eigenvalue weighted by Gasteiger charge is -2.31. The molecule has 0 saturated carbocycles. The lowest BCUT2D eigenvalue weighted by atomic mass is 9.98. The monoisotopic (exact) mass is 482 g/mol. The third-order valence-electron chi connectivity index (χ3n) is 5.63. The number of nitrogens with zero attached hydrogens (tertiary/aromatic N) is 1. The first kappa shape index (κ1) is 23.5. The van der Waals surface area contributed by atoms with Gasteiger partial charge >= 0.3 is 12.3 Å². The Kier molecular flexibility index (Phi) is 5.96. The maximum atomic E-state index is 13.5. The topological polar surface area (TPSA) is 82.8 Å². The number of hydrogen-bond acceptors (Lipinski definition) is 3. The van der Waals surface area contributed by atoms with E-state index in [1.165, 1.54) is 35.2 Å². The molecule has 180 valence electrons. The van der Waals surface area contributed by atoms with Crippen molar-refractivity contribution in [2.45, 2.75) is 31.5 Å². The molecule has 34 heavy (non-hydrogen) atoms. The summed E-state index contributed by atoms with van der Waals surface area (Å²) in [6.45, 7) is -0.393. The number of piperidine rings is 1. The number of nitrogens with one attached hydrogen (secondary N) is 1. The van der Waals surface area contributed by atoms with Crippen molar-refractivity contribution >= 4 is 23.0 Å². The van der Waals surface area contributed by atoms with Crippen LogP contribution in [0.1, 0.15) is 34.5 Å². The molecular weight excluding hydrogens is 463 g/mol. The van der Waals surface area contributed by atoms with E-state index in [0.29, 0.717) is 5.56 Å². The summed E-state index contributed by atoms with van der Waals surface area (Å²) in [5.41, 5.74) is -0.105. The first-order valence-corrected chi connectivity index (χ1v) is 10.3. The molecule has 0 unspecified atom stereocenters. The highest BCUT2D eigenvalue weighted by Crippen LogP contribution is 2.38. The van der Waals surface area contributed by atoms with Gasteiger partial charge in [0.05, 0.1) is 12.1 Å². The van der Waals surface area contributed by atoms with Gasteiger partial charge in [0.15, 0.2) is 0 Å². The number of alkyl halides is 5. The van der Waals surface area contributed by atoms with Crippen LogP contribution in [-0.4, -0.2) is 41.0 Å². The van der Waals surface area contributed by atoms with Gasteiger partial charge in [-0.3, -0.25) is 4.79 Å². The summed E-state index contributed by atoms with van der Waals surface area (Å²) in [7, 11) is 0. The number of carbonyl (C=O) groups is 2. The predicted octanol–water partition coefficient (Wildman–Crippen LogP) is 5.76. The van der Waals surface area contributed by atoms with Gasteiger partial charge in [-0.25, -0.2) is 13.6 Å². The van der Waals surface area contributed by atoms with Crippen LogP contribution < -0.4 is 5.32 Å². The summed E-state index contributed by atoms with van der Waals surface area (Å²) in [5.74, 6) is -3.10. The number of carboxylic acid groups (broad SMARTS) is 1. The van der Waals surface area contributed by atoms with Crippen molar-refractivity contribution in [3.63, 3.8) is 0 Å². The van der Waals surface area contributed by atoms with Crippen molar-refractivity contribution in [2.24, 2.45) is 0 Å². The number of likely N-dealkylation sites (tertiary alicyclic amines) is 1. The molecule has 1 aromatic heterocycles. The standard InChI is InChI=1S/C23H19F5N2O4/c24-22(25)5-7-30(8-6-22)20(31)14-3-1-13(2-4-14)18-11-16(23(26,27)28)9-15-10-17(34-19(15)18)12-29-21(32)33/h1-4,9-11,29H,5-8,12H2,(H,32,33). The zero-order valence-electron chi connectivity index (χ0n) is 17.6. The Balaban J connectivity index is 1.66. The van der Waals surface area contributed by atoms with Crippen molar-refractivity contribution in [3.8, 4) is 11.1 Å². The molecule has 2 N–H and O–H groups in total. The molecule has 3 aromatic rings. The summed E-state index contributed by atoms with van der Waals surface area (Å²) in [6, 6.07) is 8.92. The summed E-state index contributed by atoms with van der Waals surface area (Å²) in [5, 5.41) is 11.0. The summed E-state index contributed by atoms with van der Waals surface area (Å²) in [6.07, 6.45) is -6.78. The predicted molar refractivity (Wildman–Crippen MR) is 112 cm³/mol. The summed E-state index contributed by atoms with van der Waals surface area (Å²) >= 11 is 0. The van der Waals surface area contributed by atoms with E-state index >= 15 is 0 Å². The molecule has 1 aliphatic rings. The van der Waals surface area contributed by atoms with Gasteiger partial charge in [-0.1, -0.05) is 12.1 Å². The second kappa shape index (κ2) is 8.62. The Labute approximate surface area is 189 Å². The lowest BCUT2D eigenvalue weighted by molar-refractivity contribution is -0.137. The van der Waals surface area contributed by atoms with Gasteiger partial charge in [-0.2, -0.15) is 13.2 Å². The SMILES string of the molecule is O=C(O)NCc1cc2cc(C(F)(F)F)cc(-c3ccc(C(=O)N4CCC(F)(F)CC4)cc3)c2o1. The molecule has 2 heterocycles. The molecule has 6 nitrogen and oxygen atoms in total. The van der Waals surface area contributed by atoms with Crippen LogP contribution >= 0.6 is 0 Å². The highest BCUT2D eigenvalue weighted by Gasteiger charge is 2.36. The molecule has 0 aliphatic carbocycles. The van der Waals surface area contributed by atoms with E-state index in [4.69, 9.17) is 9.52 Å². The smallest absolute Gasteiger partial charge is 0.416 e. The second-order valence-electron chi connectivity index (χ2n) is 8.04. The lowest BCUT2D eigenvalue weighted by Crippen LogP contribution is -2.42. The minimum atomic E-state index is -4.63. The van der Waals surface area contributed by atoms with E-state index in [1.807, 2.05) is 0 Å². The Morgan fingerprint density at radius 1 is 1.06 bits per heavy atom. The molecule has 2 aromatic carbocycles. The molecule has 2 amide bonds. The zero-order chi connectivity index (χ0) is 24.7. The van der Waals surface area contributed by atoms with E-state index in [9.17, 15) is 31.5 Å². The van der Waals surface area contributed by atoms with Gasteiger partial charge in [-0.05, 0) is 35.9 Å². The number of furan rings is 1. The van der Waals surface area contributed by atoms with E-state index in [2.05, 4.69) is 5.32 Å². The second-order valence-corrected chi connectivity index (χ2v) is 8.04. The number of carbonyl (C=O) groups excluding carboxylic acids is 1. The van der Waals surface area contributed by atoms with Crippen molar-refractivity contribution in [2.75, 3.05) is 13.1 Å². The molecule has 4 rings (SSSR count). The van der Waals surface area contributed by atoms with E-state index in [0.717, 1.165) is 12.1 Å². The fourth-order valence-electron chi connectivity index (χ4n) is 3.85. The van der Waals surface area contributed by atoms with Crippen LogP contribution in [0, 0.1) is 0 Å². The van der Waals surface area contributed by atoms with Crippen LogP contribution in [-0.2, 0) is 12.7 Å². The highest BCUT2D eigenvalue weighted by atomic mass is 19.4. The van der Waals surface area contributed by atoms with E-state index in [-0.39, 0.29) is 47.5 Å². The number of halogens is 5. The van der Waals surface area contributed by atoms with Crippen LogP contribution in [0.4, 0.5) is 26.7 Å². The van der Waals surface area contributed by atoms with Crippen LogP contribution in [0.15, 0.2) is 46.9 Å². The van der Waals surface area contributed by atoms with Gasteiger partial charge in [0.25, 0.3) is 11.8 Å². The minimum absolute atomic E-state index is 0.0820. The van der Waals surface area contributed by atoms with E-state index in [1.54, 1.807) is 0 Å². The van der Waals surface area contributed by atoms with Crippen molar-refractivity contribution < 1.29 is 41.1 Å². The van der Waals surface area contributed by atoms with Crippen LogP contribution in [0.25, 0.3) is 22.1 Å². The first-order valence-electron chi connectivity index (χ1n) is 10.3. The molecule has 0 bridgehead atoms. The largest absolute Gasteiger partial charge is 0.465 e. The Morgan fingerprint density at radius 2 is 1.71 bits per heavy atom. The molecule has 0 radical (unpaired) electrons. The van der Waals surface area contributed by atoms with Gasteiger partial charge in [0, 0.05) is 42.4 Å². The number of fused-ring (bicyclic) bond motifs is 1. The van der Waals surface area contributed by atoms with Crippen molar-refractivity contribution in [3.05, 3.63) is 59.4 Å². The maximum absolute atomic E-state index is 13.5. The van der Waals surface area contributed by atoms with Crippen LogP contribution in [0.3, 0.4) is 0 Å². The minimum Gasteiger partial charge on any atom is -0.465 e. The van der Waals surface area contributed by atoms with Crippen molar-refractivity contribution in [1.29, 1.82) is 0 Å². The average molecular weight is 482 g/mol. The fourth-order valence-corrected chi connectivity index (χ4v) is 3.85. The highest BCUT2D eigenvalue weighted by molar-refractivity contribution is 5.97. The molecular formula is C23H19F5N2O4. The Hall–Kier alpha value is -3.63. The van der Waals surface area contributed by atoms with Gasteiger partial charge in [0.2, 0.25) is 0 Å². The molecule has 0 atom stereocenters. The quantitative estimate of drug-likeness (QED) is 0.464. The Morgan fingerprint density at radius 3 is 2.29 bits per heavy atom. The van der Waals surface area contributed by atoms with Gasteiger partial charge < -0.3 is 19.7 Å². The Bertz CT molecular complexity index is 1220. The molecule has 0 spiro atoms. The first-order chi connectivity index (χ1) is 15.9. The third kappa shape index (κ3) is 4.97. The number of benzene rings is 2. The van der Waals surface area contributed by atoms with Crippen LogP contribution in [0.2, 0.25) is 0 Å². The molecule has 1 fully saturated rings. The van der Waals surface area contributed by atoms with Gasteiger partial charge in [-0.15, -0.1) is 0 Å². The van der Waals surface area contributed by atoms with Crippen molar-refractivity contribution in [1.82, 2.24) is 10.2 Å². The fraction of sp³-hybridized carbons (Fsp3) is 0.304. The third-order valence-corrected chi connectivity index (χ3v) is 5.63. The number of amides is 2. The molecule has 11 heteroatoms. The summed E-state index contributed by atoms with van der Waals surface area (Å²) < 4.78 is 72.8. The van der Waals surface area contributed by atoms with E-state index < -0.39 is 42.5 Å². The summed E-state index contributed by atoms with van der Waals surface area (Å²) in [4.78, 5) is 24.7. The average Bonchev–Trinajstić information content (AvgIpc) is 3.19. The number of rotatable bonds is 4. The van der Waals surface area contributed by atoms with Gasteiger partial charge in [0.1, 0.15) is 11.3 Å². The molecule has 1 saturated heterocycles. The zero-order valence-corrected chi connectivity index (χ0v) is 17.6. The number of hydrogen-bond donors (Lipinski definition) is 2. The maximum Gasteiger partial charge on any atom is 0.416 e. The normalized spacial score (nSPS) is 16.0. The van der Waals surface area contributed by atoms with Crippen LogP contribution in [0.5, 0.6) is 0 Å². The molecule has 1 aliphatic heterocycles.